The van der Waals surface area contributed by atoms with Crippen molar-refractivity contribution in [2.75, 3.05) is 6.61 Å². The Morgan fingerprint density at radius 2 is 2.31 bits per heavy atom. The predicted molar refractivity (Wildman–Crippen MR) is 50.7 cm³/mol. The number of ether oxygens (including phenoxy) is 1. The Kier molecular flexibility index (Phi) is 3.42. The van der Waals surface area contributed by atoms with Gasteiger partial charge in [-0.15, -0.1) is 0 Å². The van der Waals surface area contributed by atoms with Gasteiger partial charge in [-0.05, 0) is 35.0 Å². The van der Waals surface area contributed by atoms with E-state index in [2.05, 4.69) is 15.9 Å². The highest BCUT2D eigenvalue weighted by Crippen LogP contribution is 2.30. The van der Waals surface area contributed by atoms with Crippen LogP contribution < -0.4 is 4.74 Å². The number of carbonyl (C=O) groups excluding carboxylic acids is 1. The number of rotatable bonds is 3. The van der Waals surface area contributed by atoms with E-state index in [1.54, 1.807) is 6.92 Å². The second kappa shape index (κ2) is 4.37. The lowest BCUT2D eigenvalue weighted by atomic mass is 10.2. The standard InChI is InChI=1S/C9H8BrFO2/c1-2-13-9-6(5-12)3-4-7(11)8(9)10/h3-5H,2H2,1H3. The van der Waals surface area contributed by atoms with Gasteiger partial charge in [0.15, 0.2) is 6.29 Å². The molecule has 0 spiro atoms. The van der Waals surface area contributed by atoms with Crippen LogP contribution >= 0.6 is 15.9 Å². The molecule has 0 fully saturated rings. The van der Waals surface area contributed by atoms with Crippen LogP contribution in [0.2, 0.25) is 0 Å². The van der Waals surface area contributed by atoms with Gasteiger partial charge in [0.05, 0.1) is 16.6 Å². The summed E-state index contributed by atoms with van der Waals surface area (Å²) in [7, 11) is 0. The number of aldehydes is 1. The van der Waals surface area contributed by atoms with Crippen molar-refractivity contribution in [3.8, 4) is 5.75 Å². The van der Waals surface area contributed by atoms with E-state index in [9.17, 15) is 9.18 Å². The third-order valence-corrected chi connectivity index (χ3v) is 2.23. The summed E-state index contributed by atoms with van der Waals surface area (Å²) in [6, 6.07) is 2.61. The molecule has 0 amide bonds. The van der Waals surface area contributed by atoms with Gasteiger partial charge in [0, 0.05) is 0 Å². The first kappa shape index (κ1) is 10.2. The molecule has 1 aromatic rings. The summed E-state index contributed by atoms with van der Waals surface area (Å²) >= 11 is 3.01. The Labute approximate surface area is 83.8 Å². The van der Waals surface area contributed by atoms with Crippen LogP contribution in [-0.2, 0) is 0 Å². The zero-order chi connectivity index (χ0) is 9.84. The maximum atomic E-state index is 13.0. The minimum atomic E-state index is -0.436. The molecule has 0 aromatic heterocycles. The molecule has 13 heavy (non-hydrogen) atoms. The number of hydrogen-bond donors (Lipinski definition) is 0. The highest BCUT2D eigenvalue weighted by atomic mass is 79.9. The molecular formula is C9H8BrFO2. The van der Waals surface area contributed by atoms with Crippen LogP contribution in [0.25, 0.3) is 0 Å². The van der Waals surface area contributed by atoms with Crippen molar-refractivity contribution in [2.24, 2.45) is 0 Å². The normalized spacial score (nSPS) is 9.77. The van der Waals surface area contributed by atoms with Crippen molar-refractivity contribution in [1.82, 2.24) is 0 Å². The molecule has 1 aromatic carbocycles. The molecule has 0 radical (unpaired) electrons. The molecule has 1 rings (SSSR count). The van der Waals surface area contributed by atoms with Gasteiger partial charge in [0.25, 0.3) is 0 Å². The van der Waals surface area contributed by atoms with Crippen LogP contribution in [0.3, 0.4) is 0 Å². The van der Waals surface area contributed by atoms with E-state index in [1.807, 2.05) is 0 Å². The highest BCUT2D eigenvalue weighted by molar-refractivity contribution is 9.10. The molecule has 0 heterocycles. The fourth-order valence-electron chi connectivity index (χ4n) is 0.931. The first-order chi connectivity index (χ1) is 6.20. The largest absolute Gasteiger partial charge is 0.492 e. The van der Waals surface area contributed by atoms with Gasteiger partial charge in [-0.2, -0.15) is 0 Å². The minimum absolute atomic E-state index is 0.193. The van der Waals surface area contributed by atoms with Crippen LogP contribution in [0.5, 0.6) is 5.75 Å². The van der Waals surface area contributed by atoms with Crippen LogP contribution in [0.1, 0.15) is 17.3 Å². The van der Waals surface area contributed by atoms with E-state index in [1.165, 1.54) is 12.1 Å². The first-order valence-corrected chi connectivity index (χ1v) is 4.56. The zero-order valence-electron chi connectivity index (χ0n) is 7.01. The van der Waals surface area contributed by atoms with Crippen molar-refractivity contribution in [2.45, 2.75) is 6.92 Å². The molecule has 0 saturated heterocycles. The summed E-state index contributed by atoms with van der Waals surface area (Å²) in [5, 5.41) is 0. The average molecular weight is 247 g/mol. The average Bonchev–Trinajstić information content (AvgIpc) is 2.14. The van der Waals surface area contributed by atoms with E-state index in [0.29, 0.717) is 18.5 Å². The number of benzene rings is 1. The summed E-state index contributed by atoms with van der Waals surface area (Å²) in [6.07, 6.45) is 0.634. The summed E-state index contributed by atoms with van der Waals surface area (Å²) in [5.74, 6) is -0.174. The topological polar surface area (TPSA) is 26.3 Å². The summed E-state index contributed by atoms with van der Waals surface area (Å²) in [6.45, 7) is 2.16. The quantitative estimate of drug-likeness (QED) is 0.767. The monoisotopic (exact) mass is 246 g/mol. The molecule has 2 nitrogen and oxygen atoms in total. The van der Waals surface area contributed by atoms with Crippen LogP contribution in [0.15, 0.2) is 16.6 Å². The van der Waals surface area contributed by atoms with Crippen molar-refractivity contribution < 1.29 is 13.9 Å². The Hall–Kier alpha value is -0.900. The van der Waals surface area contributed by atoms with E-state index < -0.39 is 5.82 Å². The van der Waals surface area contributed by atoms with Gasteiger partial charge in [0.2, 0.25) is 0 Å². The van der Waals surface area contributed by atoms with Crippen LogP contribution in [-0.4, -0.2) is 12.9 Å². The van der Waals surface area contributed by atoms with Gasteiger partial charge >= 0.3 is 0 Å². The lowest BCUT2D eigenvalue weighted by Gasteiger charge is -2.08. The van der Waals surface area contributed by atoms with E-state index in [4.69, 9.17) is 4.74 Å². The molecule has 0 aliphatic rings. The maximum absolute atomic E-state index is 13.0. The fraction of sp³-hybridized carbons (Fsp3) is 0.222. The van der Waals surface area contributed by atoms with Crippen LogP contribution in [0, 0.1) is 5.82 Å². The molecule has 0 unspecified atom stereocenters. The van der Waals surface area contributed by atoms with E-state index in [0.717, 1.165) is 0 Å². The van der Waals surface area contributed by atoms with Crippen molar-refractivity contribution in [3.05, 3.63) is 28.0 Å². The summed E-state index contributed by atoms with van der Waals surface area (Å²) in [5.41, 5.74) is 0.343. The van der Waals surface area contributed by atoms with Gasteiger partial charge in [-0.3, -0.25) is 4.79 Å². The maximum Gasteiger partial charge on any atom is 0.153 e. The Balaban J connectivity index is 3.23. The van der Waals surface area contributed by atoms with Crippen molar-refractivity contribution >= 4 is 22.2 Å². The number of hydrogen-bond acceptors (Lipinski definition) is 2. The minimum Gasteiger partial charge on any atom is -0.492 e. The molecule has 0 bridgehead atoms. The second-order valence-corrected chi connectivity index (χ2v) is 3.12. The highest BCUT2D eigenvalue weighted by Gasteiger charge is 2.11. The van der Waals surface area contributed by atoms with Crippen molar-refractivity contribution in [3.63, 3.8) is 0 Å². The third-order valence-electron chi connectivity index (χ3n) is 1.50. The number of halogens is 2. The lowest BCUT2D eigenvalue weighted by Crippen LogP contribution is -1.98. The molecule has 0 aliphatic carbocycles. The lowest BCUT2D eigenvalue weighted by molar-refractivity contribution is 0.111. The number of carbonyl (C=O) groups is 1. The van der Waals surface area contributed by atoms with Gasteiger partial charge in [-0.25, -0.2) is 4.39 Å². The van der Waals surface area contributed by atoms with E-state index in [-0.39, 0.29) is 10.2 Å². The summed E-state index contributed by atoms with van der Waals surface area (Å²) < 4.78 is 18.3. The third kappa shape index (κ3) is 2.06. The van der Waals surface area contributed by atoms with E-state index >= 15 is 0 Å². The predicted octanol–water partition coefficient (Wildman–Crippen LogP) is 2.80. The zero-order valence-corrected chi connectivity index (χ0v) is 8.60. The Bertz CT molecular complexity index is 326. The fourth-order valence-corrected chi connectivity index (χ4v) is 1.41. The summed E-state index contributed by atoms with van der Waals surface area (Å²) in [4.78, 5) is 10.5. The molecule has 0 aliphatic heterocycles. The smallest absolute Gasteiger partial charge is 0.153 e. The van der Waals surface area contributed by atoms with Crippen molar-refractivity contribution in [1.29, 1.82) is 0 Å². The SMILES string of the molecule is CCOc1c(C=O)ccc(F)c1Br. The Morgan fingerprint density at radius 3 is 2.85 bits per heavy atom. The van der Waals surface area contributed by atoms with Crippen LogP contribution in [0.4, 0.5) is 4.39 Å². The molecule has 0 N–H and O–H groups in total. The molecular weight excluding hydrogens is 239 g/mol. The van der Waals surface area contributed by atoms with Gasteiger partial charge in [-0.1, -0.05) is 0 Å². The van der Waals surface area contributed by atoms with Gasteiger partial charge < -0.3 is 4.74 Å². The second-order valence-electron chi connectivity index (χ2n) is 2.33. The molecule has 70 valence electrons. The molecule has 0 atom stereocenters. The Morgan fingerprint density at radius 1 is 1.62 bits per heavy atom. The molecule has 4 heteroatoms. The molecule has 0 saturated carbocycles. The van der Waals surface area contributed by atoms with Gasteiger partial charge in [0.1, 0.15) is 11.6 Å². The first-order valence-electron chi connectivity index (χ1n) is 3.76.